The number of nitrogens with two attached hydrogens (primary N) is 1. The average molecular weight is 431 g/mol. The molecule has 1 aromatic heterocycles. The molecule has 1 unspecified atom stereocenters. The van der Waals surface area contributed by atoms with Crippen molar-refractivity contribution in [1.29, 1.82) is 0 Å². The summed E-state index contributed by atoms with van der Waals surface area (Å²) in [4.78, 5) is 3.97. The largest absolute Gasteiger partial charge is 0.330 e. The predicted molar refractivity (Wildman–Crippen MR) is 116 cm³/mol. The van der Waals surface area contributed by atoms with Gasteiger partial charge in [-0.1, -0.05) is 42.1 Å². The number of hydrogen-bond donors (Lipinski definition) is 1. The maximum absolute atomic E-state index is 14.5. The van der Waals surface area contributed by atoms with Crippen molar-refractivity contribution in [3.05, 3.63) is 81.7 Å². The van der Waals surface area contributed by atoms with Crippen molar-refractivity contribution in [2.75, 3.05) is 11.6 Å². The monoisotopic (exact) mass is 430 g/mol. The Morgan fingerprint density at radius 2 is 1.93 bits per heavy atom. The normalized spacial score (nSPS) is 18.9. The van der Waals surface area contributed by atoms with Gasteiger partial charge in [-0.2, -0.15) is 5.10 Å². The van der Waals surface area contributed by atoms with Gasteiger partial charge in [-0.25, -0.2) is 18.8 Å². The molecule has 8 heteroatoms. The molecule has 3 aromatic rings. The first-order valence-corrected chi connectivity index (χ1v) is 10.9. The standard InChI is InChI=1S/C21H20F2N4S2/c1-14-25-19(13-28-14)27-21(10-5-11-24,15-6-3-2-4-7-15)29-20(26-27)17-12-16(22)8-9-18(17)23/h2-4,6-9,12-13H,5,10-11,24H2,1H3. The molecule has 29 heavy (non-hydrogen) atoms. The Labute approximate surface area is 176 Å². The van der Waals surface area contributed by atoms with Crippen LogP contribution in [-0.4, -0.2) is 16.6 Å². The van der Waals surface area contributed by atoms with Gasteiger partial charge in [-0.3, -0.25) is 0 Å². The number of hydrogen-bond acceptors (Lipinski definition) is 6. The molecular weight excluding hydrogens is 410 g/mol. The highest BCUT2D eigenvalue weighted by Crippen LogP contribution is 2.52. The highest BCUT2D eigenvalue weighted by atomic mass is 32.2. The average Bonchev–Trinajstić information content (AvgIpc) is 3.33. The fourth-order valence-electron chi connectivity index (χ4n) is 3.37. The second-order valence-corrected chi connectivity index (χ2v) is 9.04. The first-order valence-electron chi connectivity index (χ1n) is 9.24. The van der Waals surface area contributed by atoms with E-state index in [-0.39, 0.29) is 5.56 Å². The smallest absolute Gasteiger partial charge is 0.161 e. The first-order chi connectivity index (χ1) is 14.0. The zero-order chi connectivity index (χ0) is 20.4. The van der Waals surface area contributed by atoms with Gasteiger partial charge in [-0.15, -0.1) is 11.3 Å². The van der Waals surface area contributed by atoms with Gasteiger partial charge in [0.25, 0.3) is 0 Å². The molecule has 0 bridgehead atoms. The molecule has 4 nitrogen and oxygen atoms in total. The minimum absolute atomic E-state index is 0.150. The van der Waals surface area contributed by atoms with Gasteiger partial charge >= 0.3 is 0 Å². The van der Waals surface area contributed by atoms with Gasteiger partial charge in [-0.05, 0) is 50.1 Å². The van der Waals surface area contributed by atoms with Crippen molar-refractivity contribution >= 4 is 34.0 Å². The molecule has 0 aliphatic carbocycles. The van der Waals surface area contributed by atoms with Gasteiger partial charge in [0, 0.05) is 10.9 Å². The van der Waals surface area contributed by atoms with Crippen LogP contribution in [0.5, 0.6) is 0 Å². The molecule has 0 saturated carbocycles. The van der Waals surface area contributed by atoms with Crippen molar-refractivity contribution in [2.45, 2.75) is 24.6 Å². The molecule has 1 aliphatic rings. The minimum Gasteiger partial charge on any atom is -0.330 e. The third-order valence-electron chi connectivity index (χ3n) is 4.73. The number of nitrogens with zero attached hydrogens (tertiary/aromatic N) is 3. The maximum Gasteiger partial charge on any atom is 0.161 e. The Kier molecular flexibility index (Phi) is 5.67. The van der Waals surface area contributed by atoms with E-state index in [4.69, 9.17) is 10.8 Å². The summed E-state index contributed by atoms with van der Waals surface area (Å²) in [6.45, 7) is 2.45. The molecule has 2 heterocycles. The summed E-state index contributed by atoms with van der Waals surface area (Å²) in [6.07, 6.45) is 1.43. The number of rotatable bonds is 6. The maximum atomic E-state index is 14.5. The van der Waals surface area contributed by atoms with Gasteiger partial charge in [0.2, 0.25) is 0 Å². The topological polar surface area (TPSA) is 54.5 Å². The highest BCUT2D eigenvalue weighted by molar-refractivity contribution is 8.15. The molecule has 0 fully saturated rings. The Morgan fingerprint density at radius 3 is 2.62 bits per heavy atom. The van der Waals surface area contributed by atoms with E-state index in [2.05, 4.69) is 4.98 Å². The molecule has 0 amide bonds. The molecule has 4 rings (SSSR count). The number of thiazole rings is 1. The summed E-state index contributed by atoms with van der Waals surface area (Å²) in [5.41, 5.74) is 7.00. The lowest BCUT2D eigenvalue weighted by molar-refractivity contribution is 0.524. The van der Waals surface area contributed by atoms with Crippen LogP contribution in [0.1, 0.15) is 29.0 Å². The number of aryl methyl sites for hydroxylation is 1. The number of anilines is 1. The fraction of sp³-hybridized carbons (Fsp3) is 0.238. The number of hydrazone groups is 1. The quantitative estimate of drug-likeness (QED) is 0.581. The van der Waals surface area contributed by atoms with E-state index >= 15 is 0 Å². The lowest BCUT2D eigenvalue weighted by atomic mass is 10.0. The van der Waals surface area contributed by atoms with Gasteiger partial charge in [0.05, 0.1) is 5.01 Å². The van der Waals surface area contributed by atoms with Crippen LogP contribution in [0.4, 0.5) is 14.6 Å². The molecule has 0 radical (unpaired) electrons. The predicted octanol–water partition coefficient (Wildman–Crippen LogP) is 5.24. The lowest BCUT2D eigenvalue weighted by Crippen LogP contribution is -2.38. The third-order valence-corrected chi connectivity index (χ3v) is 6.93. The fourth-order valence-corrected chi connectivity index (χ4v) is 5.38. The molecule has 0 spiro atoms. The van der Waals surface area contributed by atoms with Crippen LogP contribution in [0.3, 0.4) is 0 Å². The van der Waals surface area contributed by atoms with E-state index in [1.807, 2.05) is 47.6 Å². The molecule has 1 atom stereocenters. The van der Waals surface area contributed by atoms with Crippen molar-refractivity contribution < 1.29 is 8.78 Å². The zero-order valence-electron chi connectivity index (χ0n) is 15.8. The van der Waals surface area contributed by atoms with E-state index in [0.29, 0.717) is 23.8 Å². The summed E-state index contributed by atoms with van der Waals surface area (Å²) in [5.74, 6) is -0.317. The zero-order valence-corrected chi connectivity index (χ0v) is 17.4. The lowest BCUT2D eigenvalue weighted by Gasteiger charge is -2.36. The first kappa shape index (κ1) is 20.0. The SMILES string of the molecule is Cc1nc(N2N=C(c3cc(F)ccc3F)SC2(CCCN)c2ccccc2)cs1. The second-order valence-electron chi connectivity index (χ2n) is 6.71. The van der Waals surface area contributed by atoms with E-state index in [1.54, 1.807) is 0 Å². The van der Waals surface area contributed by atoms with E-state index < -0.39 is 16.5 Å². The Balaban J connectivity index is 1.88. The van der Waals surface area contributed by atoms with Crippen LogP contribution in [0.25, 0.3) is 0 Å². The Morgan fingerprint density at radius 1 is 1.14 bits per heavy atom. The summed E-state index contributed by atoms with van der Waals surface area (Å²) in [5, 5.41) is 9.84. The van der Waals surface area contributed by atoms with E-state index in [0.717, 1.165) is 29.1 Å². The summed E-state index contributed by atoms with van der Waals surface area (Å²) < 4.78 is 28.4. The number of halogens is 2. The van der Waals surface area contributed by atoms with Gasteiger partial charge in [0.15, 0.2) is 5.82 Å². The van der Waals surface area contributed by atoms with Crippen molar-refractivity contribution in [1.82, 2.24) is 4.98 Å². The highest BCUT2D eigenvalue weighted by Gasteiger charge is 2.47. The number of aromatic nitrogens is 1. The molecule has 1 aliphatic heterocycles. The molecular formula is C21H20F2N4S2. The molecule has 2 aromatic carbocycles. The van der Waals surface area contributed by atoms with Crippen LogP contribution >= 0.6 is 23.1 Å². The summed E-state index contributed by atoms with van der Waals surface area (Å²) >= 11 is 2.94. The number of thioether (sulfide) groups is 1. The van der Waals surface area contributed by atoms with Crippen LogP contribution in [0.15, 0.2) is 59.0 Å². The number of benzene rings is 2. The van der Waals surface area contributed by atoms with Crippen LogP contribution in [0.2, 0.25) is 0 Å². The second kappa shape index (κ2) is 8.22. The van der Waals surface area contributed by atoms with Gasteiger partial charge in [0.1, 0.15) is 21.5 Å². The van der Waals surface area contributed by atoms with Crippen molar-refractivity contribution in [3.8, 4) is 0 Å². The summed E-state index contributed by atoms with van der Waals surface area (Å²) in [7, 11) is 0. The molecule has 150 valence electrons. The Hall–Kier alpha value is -2.29. The third kappa shape index (κ3) is 3.80. The van der Waals surface area contributed by atoms with Crippen molar-refractivity contribution in [3.63, 3.8) is 0 Å². The van der Waals surface area contributed by atoms with E-state index in [1.165, 1.54) is 29.2 Å². The van der Waals surface area contributed by atoms with Gasteiger partial charge < -0.3 is 5.73 Å². The Bertz CT molecular complexity index is 1040. The van der Waals surface area contributed by atoms with Crippen LogP contribution in [-0.2, 0) is 4.87 Å². The molecule has 2 N–H and O–H groups in total. The summed E-state index contributed by atoms with van der Waals surface area (Å²) in [6, 6.07) is 13.4. The van der Waals surface area contributed by atoms with E-state index in [9.17, 15) is 8.78 Å². The van der Waals surface area contributed by atoms with Crippen molar-refractivity contribution in [2.24, 2.45) is 10.8 Å². The molecule has 0 saturated heterocycles. The van der Waals surface area contributed by atoms with Crippen LogP contribution in [0, 0.1) is 18.6 Å². The van der Waals surface area contributed by atoms with Crippen LogP contribution < -0.4 is 10.7 Å². The minimum atomic E-state index is -0.644.